The van der Waals surface area contributed by atoms with E-state index in [0.29, 0.717) is 27.3 Å². The van der Waals surface area contributed by atoms with Crippen LogP contribution < -0.4 is 15.8 Å². The molecule has 0 fully saturated rings. The highest BCUT2D eigenvalue weighted by Crippen LogP contribution is 2.44. The Bertz CT molecular complexity index is 915. The van der Waals surface area contributed by atoms with Crippen LogP contribution in [0.2, 0.25) is 5.02 Å². The third kappa shape index (κ3) is 4.93. The average molecular weight is 435 g/mol. The molecular formula is C22H27ClN2O3S. The Morgan fingerprint density at radius 3 is 2.52 bits per heavy atom. The zero-order valence-electron chi connectivity index (χ0n) is 17.2. The van der Waals surface area contributed by atoms with E-state index >= 15 is 0 Å². The van der Waals surface area contributed by atoms with Crippen LogP contribution in [0.1, 0.15) is 54.9 Å². The largest absolute Gasteiger partial charge is 0.481 e. The summed E-state index contributed by atoms with van der Waals surface area (Å²) < 4.78 is 5.69. The predicted molar refractivity (Wildman–Crippen MR) is 118 cm³/mol. The highest BCUT2D eigenvalue weighted by atomic mass is 35.5. The number of carbonyl (C=O) groups is 2. The molecule has 0 spiro atoms. The maximum Gasteiger partial charge on any atom is 0.265 e. The molecule has 2 aromatic rings. The van der Waals surface area contributed by atoms with Crippen molar-refractivity contribution < 1.29 is 14.3 Å². The van der Waals surface area contributed by atoms with Gasteiger partial charge in [0.15, 0.2) is 6.10 Å². The molecule has 1 aromatic carbocycles. The van der Waals surface area contributed by atoms with Gasteiger partial charge in [-0.05, 0) is 67.3 Å². The van der Waals surface area contributed by atoms with Crippen LogP contribution in [0, 0.1) is 11.3 Å². The zero-order chi connectivity index (χ0) is 21.3. The van der Waals surface area contributed by atoms with Gasteiger partial charge in [-0.15, -0.1) is 11.3 Å². The molecular weight excluding hydrogens is 408 g/mol. The van der Waals surface area contributed by atoms with Gasteiger partial charge in [0, 0.05) is 9.90 Å². The number of rotatable bonds is 5. The SMILES string of the molecule is C[C@@H](Oc1ccc(Cl)cc1)C(=O)Nc1sc2c(c1C(N)=O)CC[C@@H](C(C)(C)C)C2. The fourth-order valence-corrected chi connectivity index (χ4v) is 5.12. The highest BCUT2D eigenvalue weighted by Gasteiger charge is 2.33. The lowest BCUT2D eigenvalue weighted by molar-refractivity contribution is -0.122. The van der Waals surface area contributed by atoms with E-state index in [1.54, 1.807) is 31.2 Å². The summed E-state index contributed by atoms with van der Waals surface area (Å²) in [5.41, 5.74) is 7.30. The molecule has 1 aromatic heterocycles. The molecule has 1 heterocycles. The number of carbonyl (C=O) groups excluding carboxylic acids is 2. The number of fused-ring (bicyclic) bond motifs is 1. The van der Waals surface area contributed by atoms with Crippen molar-refractivity contribution in [1.29, 1.82) is 0 Å². The van der Waals surface area contributed by atoms with E-state index in [-0.39, 0.29) is 11.3 Å². The second kappa shape index (κ2) is 8.36. The molecule has 0 saturated heterocycles. The summed E-state index contributed by atoms with van der Waals surface area (Å²) in [5, 5.41) is 3.98. The maximum atomic E-state index is 12.7. The van der Waals surface area contributed by atoms with Crippen LogP contribution in [0.15, 0.2) is 24.3 Å². The van der Waals surface area contributed by atoms with Crippen LogP contribution in [-0.4, -0.2) is 17.9 Å². The van der Waals surface area contributed by atoms with E-state index in [1.807, 2.05) is 0 Å². The predicted octanol–water partition coefficient (Wildman–Crippen LogP) is 5.06. The molecule has 0 bridgehead atoms. The van der Waals surface area contributed by atoms with Crippen molar-refractivity contribution in [1.82, 2.24) is 0 Å². The van der Waals surface area contributed by atoms with Gasteiger partial charge in [0.1, 0.15) is 10.8 Å². The van der Waals surface area contributed by atoms with E-state index < -0.39 is 12.0 Å². The summed E-state index contributed by atoms with van der Waals surface area (Å²) >= 11 is 7.33. The number of thiophene rings is 1. The second-order valence-electron chi connectivity index (χ2n) is 8.58. The number of anilines is 1. The number of hydrogen-bond donors (Lipinski definition) is 2. The molecule has 0 saturated carbocycles. The van der Waals surface area contributed by atoms with Crippen LogP contribution >= 0.6 is 22.9 Å². The van der Waals surface area contributed by atoms with E-state index in [9.17, 15) is 9.59 Å². The minimum absolute atomic E-state index is 0.193. The summed E-state index contributed by atoms with van der Waals surface area (Å²) in [5.74, 6) is 0.252. The standard InChI is InChI=1S/C22H27ClN2O3S/c1-12(28-15-8-6-14(23)7-9-15)20(27)25-21-18(19(24)26)16-10-5-13(22(2,3)4)11-17(16)29-21/h6-9,12-13H,5,10-11H2,1-4H3,(H2,24,26)(H,25,27)/t12-,13-/m1/s1. The Labute approximate surface area is 180 Å². The molecule has 1 aliphatic carbocycles. The molecule has 7 heteroatoms. The highest BCUT2D eigenvalue weighted by molar-refractivity contribution is 7.17. The molecule has 156 valence electrons. The third-order valence-electron chi connectivity index (χ3n) is 5.47. The Kier molecular flexibility index (Phi) is 6.24. The first-order valence-corrected chi connectivity index (χ1v) is 10.9. The van der Waals surface area contributed by atoms with Crippen molar-refractivity contribution in [2.24, 2.45) is 17.1 Å². The lowest BCUT2D eigenvalue weighted by atomic mass is 9.72. The molecule has 3 rings (SSSR count). The van der Waals surface area contributed by atoms with E-state index in [0.717, 1.165) is 29.7 Å². The monoisotopic (exact) mass is 434 g/mol. The lowest BCUT2D eigenvalue weighted by Crippen LogP contribution is -2.30. The molecule has 3 N–H and O–H groups in total. The summed E-state index contributed by atoms with van der Waals surface area (Å²) in [7, 11) is 0. The van der Waals surface area contributed by atoms with Crippen molar-refractivity contribution >= 4 is 39.8 Å². The number of amides is 2. The fraction of sp³-hybridized carbons (Fsp3) is 0.455. The van der Waals surface area contributed by atoms with Crippen molar-refractivity contribution in [2.75, 3.05) is 5.32 Å². The van der Waals surface area contributed by atoms with Crippen molar-refractivity contribution in [3.05, 3.63) is 45.3 Å². The van der Waals surface area contributed by atoms with Crippen LogP contribution in [0.5, 0.6) is 5.75 Å². The Morgan fingerprint density at radius 2 is 1.93 bits per heavy atom. The molecule has 0 radical (unpaired) electrons. The number of benzene rings is 1. The molecule has 2 atom stereocenters. The molecule has 1 aliphatic rings. The molecule has 0 aliphatic heterocycles. The Hall–Kier alpha value is -2.05. The minimum atomic E-state index is -0.738. The molecule has 5 nitrogen and oxygen atoms in total. The van der Waals surface area contributed by atoms with E-state index in [2.05, 4.69) is 26.1 Å². The first kappa shape index (κ1) is 21.7. The smallest absolute Gasteiger partial charge is 0.265 e. The fourth-order valence-electron chi connectivity index (χ4n) is 3.66. The van der Waals surface area contributed by atoms with Crippen LogP contribution in [0.4, 0.5) is 5.00 Å². The number of nitrogens with one attached hydrogen (secondary N) is 1. The quantitative estimate of drug-likeness (QED) is 0.690. The summed E-state index contributed by atoms with van der Waals surface area (Å²) in [6.07, 6.45) is 1.98. The Morgan fingerprint density at radius 1 is 1.28 bits per heavy atom. The van der Waals surface area contributed by atoms with Crippen LogP contribution in [-0.2, 0) is 17.6 Å². The average Bonchev–Trinajstić information content (AvgIpc) is 2.99. The van der Waals surface area contributed by atoms with Gasteiger partial charge in [-0.1, -0.05) is 32.4 Å². The Balaban J connectivity index is 1.78. The van der Waals surface area contributed by atoms with Gasteiger partial charge < -0.3 is 15.8 Å². The van der Waals surface area contributed by atoms with E-state index in [4.69, 9.17) is 22.1 Å². The number of halogens is 1. The van der Waals surface area contributed by atoms with Crippen molar-refractivity contribution in [2.45, 2.75) is 53.1 Å². The van der Waals surface area contributed by atoms with Gasteiger partial charge in [-0.3, -0.25) is 9.59 Å². The summed E-state index contributed by atoms with van der Waals surface area (Å²) in [6.45, 7) is 8.38. The first-order chi connectivity index (χ1) is 13.6. The van der Waals surface area contributed by atoms with Gasteiger partial charge in [0.05, 0.1) is 5.56 Å². The topological polar surface area (TPSA) is 81.4 Å². The van der Waals surface area contributed by atoms with Crippen LogP contribution in [0.3, 0.4) is 0 Å². The summed E-state index contributed by atoms with van der Waals surface area (Å²) in [6, 6.07) is 6.81. The zero-order valence-corrected chi connectivity index (χ0v) is 18.7. The molecule has 29 heavy (non-hydrogen) atoms. The van der Waals surface area contributed by atoms with Gasteiger partial charge in [-0.2, -0.15) is 0 Å². The number of ether oxygens (including phenoxy) is 1. The van der Waals surface area contributed by atoms with Crippen molar-refractivity contribution in [3.8, 4) is 5.75 Å². The number of nitrogens with two attached hydrogens (primary N) is 1. The molecule has 2 amide bonds. The van der Waals surface area contributed by atoms with Crippen LogP contribution in [0.25, 0.3) is 0 Å². The molecule has 0 unspecified atom stereocenters. The van der Waals surface area contributed by atoms with E-state index in [1.165, 1.54) is 11.3 Å². The second-order valence-corrected chi connectivity index (χ2v) is 10.1. The number of primary amides is 1. The van der Waals surface area contributed by atoms with Crippen molar-refractivity contribution in [3.63, 3.8) is 0 Å². The third-order valence-corrected chi connectivity index (χ3v) is 6.89. The van der Waals surface area contributed by atoms with Gasteiger partial charge in [0.25, 0.3) is 11.8 Å². The summed E-state index contributed by atoms with van der Waals surface area (Å²) in [4.78, 5) is 26.0. The van der Waals surface area contributed by atoms with Gasteiger partial charge in [0.2, 0.25) is 0 Å². The number of hydrogen-bond acceptors (Lipinski definition) is 4. The normalized spacial score (nSPS) is 17.3. The lowest BCUT2D eigenvalue weighted by Gasteiger charge is -2.33. The maximum absolute atomic E-state index is 12.7. The minimum Gasteiger partial charge on any atom is -0.481 e. The first-order valence-electron chi connectivity index (χ1n) is 9.73. The van der Waals surface area contributed by atoms with Gasteiger partial charge in [-0.25, -0.2) is 0 Å². The van der Waals surface area contributed by atoms with Gasteiger partial charge >= 0.3 is 0 Å².